The van der Waals surface area contributed by atoms with E-state index in [9.17, 15) is 14.4 Å². The highest BCUT2D eigenvalue weighted by Gasteiger charge is 2.24. The second-order valence-electron chi connectivity index (χ2n) is 5.92. The van der Waals surface area contributed by atoms with Gasteiger partial charge in [0.2, 0.25) is 5.91 Å². The van der Waals surface area contributed by atoms with E-state index in [0.29, 0.717) is 25.8 Å². The maximum absolute atomic E-state index is 12.2. The predicted molar refractivity (Wildman–Crippen MR) is 88.5 cm³/mol. The fourth-order valence-corrected chi connectivity index (χ4v) is 2.72. The van der Waals surface area contributed by atoms with Gasteiger partial charge in [0, 0.05) is 19.0 Å². The minimum atomic E-state index is -0.901. The van der Waals surface area contributed by atoms with Gasteiger partial charge in [-0.2, -0.15) is 0 Å². The Hall–Kier alpha value is -2.57. The number of hydrogen-bond donors (Lipinski definition) is 4. The molecule has 4 N–H and O–H groups in total. The van der Waals surface area contributed by atoms with Crippen LogP contribution in [0.4, 0.5) is 4.79 Å². The molecule has 0 aromatic heterocycles. The number of amides is 3. The van der Waals surface area contributed by atoms with Crippen molar-refractivity contribution in [1.82, 2.24) is 16.0 Å². The number of piperidine rings is 1. The number of carboxylic acid groups (broad SMARTS) is 1. The first-order chi connectivity index (χ1) is 11.5. The predicted octanol–water partition coefficient (Wildman–Crippen LogP) is 1.04. The Morgan fingerprint density at radius 3 is 2.71 bits per heavy atom. The Labute approximate surface area is 140 Å². The number of rotatable bonds is 7. The van der Waals surface area contributed by atoms with E-state index in [1.54, 1.807) is 0 Å². The summed E-state index contributed by atoms with van der Waals surface area (Å²) in [5, 5.41) is 17.0. The molecule has 0 spiro atoms. The van der Waals surface area contributed by atoms with Gasteiger partial charge in [0.15, 0.2) is 0 Å². The van der Waals surface area contributed by atoms with E-state index < -0.39 is 18.0 Å². The molecule has 1 aromatic carbocycles. The van der Waals surface area contributed by atoms with Gasteiger partial charge in [-0.15, -0.1) is 0 Å². The quantitative estimate of drug-likeness (QED) is 0.598. The van der Waals surface area contributed by atoms with Crippen LogP contribution in [0.15, 0.2) is 30.3 Å². The minimum Gasteiger partial charge on any atom is -0.481 e. The molecule has 2 atom stereocenters. The van der Waals surface area contributed by atoms with Crippen LogP contribution in [0.1, 0.15) is 31.2 Å². The summed E-state index contributed by atoms with van der Waals surface area (Å²) in [7, 11) is 0. The number of urea groups is 1. The van der Waals surface area contributed by atoms with Crippen LogP contribution in [-0.4, -0.2) is 41.6 Å². The number of aliphatic carboxylic acids is 1. The molecular weight excluding hydrogens is 310 g/mol. The van der Waals surface area contributed by atoms with E-state index >= 15 is 0 Å². The second kappa shape index (κ2) is 8.90. The second-order valence-corrected chi connectivity index (χ2v) is 5.92. The van der Waals surface area contributed by atoms with Gasteiger partial charge in [-0.3, -0.25) is 9.59 Å². The van der Waals surface area contributed by atoms with Crippen molar-refractivity contribution in [2.75, 3.05) is 6.54 Å². The third-order valence-corrected chi connectivity index (χ3v) is 3.96. The SMILES string of the molecule is O=C(O)CCC(Cc1ccccc1)NC(=O)N[C@H]1CCCNC1=O. The smallest absolute Gasteiger partial charge is 0.315 e. The van der Waals surface area contributed by atoms with Crippen molar-refractivity contribution < 1.29 is 19.5 Å². The van der Waals surface area contributed by atoms with Crippen molar-refractivity contribution in [3.63, 3.8) is 0 Å². The van der Waals surface area contributed by atoms with Crippen LogP contribution in [0.3, 0.4) is 0 Å². The first-order valence-electron chi connectivity index (χ1n) is 8.15. The number of hydrogen-bond acceptors (Lipinski definition) is 3. The molecule has 2 rings (SSSR count). The summed E-state index contributed by atoms with van der Waals surface area (Å²) in [6.07, 6.45) is 2.27. The van der Waals surface area contributed by atoms with Gasteiger partial charge in [-0.1, -0.05) is 30.3 Å². The molecule has 7 nitrogen and oxygen atoms in total. The highest BCUT2D eigenvalue weighted by Crippen LogP contribution is 2.08. The van der Waals surface area contributed by atoms with Gasteiger partial charge in [-0.05, 0) is 31.2 Å². The van der Waals surface area contributed by atoms with Crippen LogP contribution in [0, 0.1) is 0 Å². The van der Waals surface area contributed by atoms with Crippen molar-refractivity contribution in [3.8, 4) is 0 Å². The summed E-state index contributed by atoms with van der Waals surface area (Å²) in [5.74, 6) is -1.08. The lowest BCUT2D eigenvalue weighted by atomic mass is 10.0. The van der Waals surface area contributed by atoms with Crippen molar-refractivity contribution >= 4 is 17.9 Å². The largest absolute Gasteiger partial charge is 0.481 e. The monoisotopic (exact) mass is 333 g/mol. The van der Waals surface area contributed by atoms with Crippen molar-refractivity contribution in [1.29, 1.82) is 0 Å². The van der Waals surface area contributed by atoms with Gasteiger partial charge >= 0.3 is 12.0 Å². The molecule has 0 saturated carbocycles. The van der Waals surface area contributed by atoms with E-state index in [1.165, 1.54) is 0 Å². The lowest BCUT2D eigenvalue weighted by Gasteiger charge is -2.25. The number of nitrogens with one attached hydrogen (secondary N) is 3. The van der Waals surface area contributed by atoms with Crippen LogP contribution in [0.2, 0.25) is 0 Å². The number of carboxylic acids is 1. The number of benzene rings is 1. The van der Waals surface area contributed by atoms with Gasteiger partial charge in [-0.25, -0.2) is 4.79 Å². The van der Waals surface area contributed by atoms with Crippen LogP contribution >= 0.6 is 0 Å². The molecule has 1 aliphatic heterocycles. The van der Waals surface area contributed by atoms with E-state index in [4.69, 9.17) is 5.11 Å². The van der Waals surface area contributed by atoms with Crippen LogP contribution in [0.25, 0.3) is 0 Å². The Morgan fingerprint density at radius 2 is 2.04 bits per heavy atom. The zero-order valence-corrected chi connectivity index (χ0v) is 13.5. The lowest BCUT2D eigenvalue weighted by molar-refractivity contribution is -0.137. The third-order valence-electron chi connectivity index (χ3n) is 3.96. The zero-order valence-electron chi connectivity index (χ0n) is 13.5. The summed E-state index contributed by atoms with van der Waals surface area (Å²) in [6, 6.07) is 8.28. The maximum Gasteiger partial charge on any atom is 0.315 e. The summed E-state index contributed by atoms with van der Waals surface area (Å²) < 4.78 is 0. The van der Waals surface area contributed by atoms with Crippen LogP contribution in [-0.2, 0) is 16.0 Å². The molecular formula is C17H23N3O4. The molecule has 0 aliphatic carbocycles. The Kier molecular flexibility index (Phi) is 6.60. The fraction of sp³-hybridized carbons (Fsp3) is 0.471. The standard InChI is InChI=1S/C17H23N3O4/c21-15(22)9-8-13(11-12-5-2-1-3-6-12)19-17(24)20-14-7-4-10-18-16(14)23/h1-3,5-6,13-14H,4,7-11H2,(H,18,23)(H,21,22)(H2,19,20,24)/t13?,14-/m0/s1. The fourth-order valence-electron chi connectivity index (χ4n) is 2.72. The Morgan fingerprint density at radius 1 is 1.29 bits per heavy atom. The summed E-state index contributed by atoms with van der Waals surface area (Å²) in [5.41, 5.74) is 1.02. The maximum atomic E-state index is 12.2. The van der Waals surface area contributed by atoms with E-state index in [-0.39, 0.29) is 18.4 Å². The van der Waals surface area contributed by atoms with Gasteiger partial charge in [0.25, 0.3) is 0 Å². The summed E-state index contributed by atoms with van der Waals surface area (Å²) in [4.78, 5) is 34.7. The van der Waals surface area contributed by atoms with Crippen LogP contribution in [0.5, 0.6) is 0 Å². The molecule has 0 bridgehead atoms. The molecule has 130 valence electrons. The molecule has 1 saturated heterocycles. The van der Waals surface area contributed by atoms with Gasteiger partial charge in [0.1, 0.15) is 6.04 Å². The average Bonchev–Trinajstić information content (AvgIpc) is 2.56. The molecule has 1 fully saturated rings. The van der Waals surface area contributed by atoms with Gasteiger partial charge in [0.05, 0.1) is 0 Å². The van der Waals surface area contributed by atoms with Crippen molar-refractivity contribution in [2.24, 2.45) is 0 Å². The van der Waals surface area contributed by atoms with E-state index in [2.05, 4.69) is 16.0 Å². The zero-order chi connectivity index (χ0) is 17.4. The molecule has 1 aliphatic rings. The summed E-state index contributed by atoms with van der Waals surface area (Å²) in [6.45, 7) is 0.633. The number of carbonyl (C=O) groups excluding carboxylic acids is 2. The van der Waals surface area contributed by atoms with Crippen molar-refractivity contribution in [3.05, 3.63) is 35.9 Å². The third kappa shape index (κ3) is 5.91. The average molecular weight is 333 g/mol. The highest BCUT2D eigenvalue weighted by molar-refractivity contribution is 5.87. The molecule has 1 unspecified atom stereocenters. The minimum absolute atomic E-state index is 0.0261. The molecule has 1 heterocycles. The molecule has 1 aromatic rings. The van der Waals surface area contributed by atoms with E-state index in [1.807, 2.05) is 30.3 Å². The van der Waals surface area contributed by atoms with Crippen LogP contribution < -0.4 is 16.0 Å². The Bertz CT molecular complexity index is 576. The van der Waals surface area contributed by atoms with E-state index in [0.717, 1.165) is 12.0 Å². The lowest BCUT2D eigenvalue weighted by Crippen LogP contribution is -2.54. The highest BCUT2D eigenvalue weighted by atomic mass is 16.4. The summed E-state index contributed by atoms with van der Waals surface area (Å²) >= 11 is 0. The molecule has 24 heavy (non-hydrogen) atoms. The first-order valence-corrected chi connectivity index (χ1v) is 8.15. The van der Waals surface area contributed by atoms with Gasteiger partial charge < -0.3 is 21.1 Å². The first kappa shape index (κ1) is 17.8. The topological polar surface area (TPSA) is 108 Å². The Balaban J connectivity index is 1.91. The van der Waals surface area contributed by atoms with Crippen molar-refractivity contribution in [2.45, 2.75) is 44.2 Å². The number of carbonyl (C=O) groups is 3. The molecule has 7 heteroatoms. The molecule has 3 amide bonds. The molecule has 0 radical (unpaired) electrons. The normalized spacial score (nSPS) is 18.3.